The first-order valence-electron chi connectivity index (χ1n) is 12.1. The molecule has 1 unspecified atom stereocenters. The third kappa shape index (κ3) is 4.96. The number of unbranched alkanes of at least 4 members (excludes halogenated alkanes) is 1. The van der Waals surface area contributed by atoms with E-state index in [4.69, 9.17) is 4.74 Å². The lowest BCUT2D eigenvalue weighted by Crippen LogP contribution is -2.29. The monoisotopic (exact) mass is 547 g/mol. The summed E-state index contributed by atoms with van der Waals surface area (Å²) in [6.07, 6.45) is 1.77. The number of anilines is 1. The molecule has 1 aliphatic rings. The van der Waals surface area contributed by atoms with E-state index in [2.05, 4.69) is 4.98 Å². The summed E-state index contributed by atoms with van der Waals surface area (Å²) < 4.78 is 20.0. The average molecular weight is 548 g/mol. The summed E-state index contributed by atoms with van der Waals surface area (Å²) in [5, 5.41) is 23.0. The zero-order chi connectivity index (χ0) is 27.7. The van der Waals surface area contributed by atoms with E-state index in [0.717, 1.165) is 29.1 Å². The highest BCUT2D eigenvalue weighted by Crippen LogP contribution is 2.45. The van der Waals surface area contributed by atoms with Crippen molar-refractivity contribution in [1.82, 2.24) is 4.98 Å². The van der Waals surface area contributed by atoms with E-state index in [0.29, 0.717) is 22.6 Å². The molecule has 1 fully saturated rings. The number of thiazole rings is 1. The Hall–Kier alpha value is -4.64. The van der Waals surface area contributed by atoms with E-state index in [9.17, 15) is 29.2 Å². The Bertz CT molecular complexity index is 1650. The van der Waals surface area contributed by atoms with Crippen LogP contribution < -0.4 is 9.64 Å². The number of non-ortho nitro benzene ring substituents is 1. The molecule has 5 rings (SSSR count). The summed E-state index contributed by atoms with van der Waals surface area (Å²) in [4.78, 5) is 43.3. The topological polar surface area (TPSA) is 123 Å². The maximum absolute atomic E-state index is 13.8. The van der Waals surface area contributed by atoms with Gasteiger partial charge in [-0.05, 0) is 42.3 Å². The largest absolute Gasteiger partial charge is 0.507 e. The van der Waals surface area contributed by atoms with Crippen molar-refractivity contribution in [1.29, 1.82) is 0 Å². The van der Waals surface area contributed by atoms with Gasteiger partial charge in [0.1, 0.15) is 17.3 Å². The number of hydrogen-bond donors (Lipinski definition) is 1. The van der Waals surface area contributed by atoms with Gasteiger partial charge in [0, 0.05) is 17.7 Å². The van der Waals surface area contributed by atoms with Crippen LogP contribution in [0.4, 0.5) is 15.2 Å². The number of carbonyl (C=O) groups is 2. The van der Waals surface area contributed by atoms with E-state index in [1.807, 2.05) is 6.92 Å². The second-order valence-electron chi connectivity index (χ2n) is 8.86. The quantitative estimate of drug-likeness (QED) is 0.0701. The maximum Gasteiger partial charge on any atom is 0.301 e. The predicted molar refractivity (Wildman–Crippen MR) is 144 cm³/mol. The molecule has 0 bridgehead atoms. The molecule has 3 aromatic carbocycles. The van der Waals surface area contributed by atoms with Gasteiger partial charge in [-0.1, -0.05) is 48.9 Å². The Morgan fingerprint density at radius 1 is 1.15 bits per heavy atom. The molecule has 1 amide bonds. The number of halogens is 1. The van der Waals surface area contributed by atoms with Gasteiger partial charge in [-0.3, -0.25) is 24.6 Å². The van der Waals surface area contributed by atoms with Gasteiger partial charge in [0.05, 0.1) is 33.4 Å². The van der Waals surface area contributed by atoms with Gasteiger partial charge in [-0.15, -0.1) is 0 Å². The number of ether oxygens (including phenoxy) is 1. The average Bonchev–Trinajstić information content (AvgIpc) is 3.46. The van der Waals surface area contributed by atoms with Crippen LogP contribution in [-0.4, -0.2) is 33.3 Å². The van der Waals surface area contributed by atoms with Crippen molar-refractivity contribution < 1.29 is 28.7 Å². The minimum absolute atomic E-state index is 0.0879. The van der Waals surface area contributed by atoms with Crippen LogP contribution in [0.3, 0.4) is 0 Å². The summed E-state index contributed by atoms with van der Waals surface area (Å²) in [6.45, 7) is 2.50. The van der Waals surface area contributed by atoms with Crippen LogP contribution in [0.5, 0.6) is 5.75 Å². The summed E-state index contributed by atoms with van der Waals surface area (Å²) in [5.41, 5.74) is 0.370. The third-order valence-electron chi connectivity index (χ3n) is 6.26. The van der Waals surface area contributed by atoms with Crippen LogP contribution in [0.25, 0.3) is 16.0 Å². The number of ketones is 1. The number of amides is 1. The molecule has 39 heavy (non-hydrogen) atoms. The van der Waals surface area contributed by atoms with Crippen LogP contribution in [-0.2, 0) is 9.59 Å². The van der Waals surface area contributed by atoms with E-state index < -0.39 is 34.2 Å². The first kappa shape index (κ1) is 26.0. The Labute approximate surface area is 225 Å². The Morgan fingerprint density at radius 3 is 2.72 bits per heavy atom. The molecule has 1 aliphatic heterocycles. The van der Waals surface area contributed by atoms with Crippen molar-refractivity contribution in [3.05, 3.63) is 99.4 Å². The highest BCUT2D eigenvalue weighted by molar-refractivity contribution is 7.22. The summed E-state index contributed by atoms with van der Waals surface area (Å²) in [7, 11) is 0. The molecule has 1 N–H and O–H groups in total. The van der Waals surface area contributed by atoms with Crippen LogP contribution in [0, 0.1) is 15.9 Å². The molecular formula is C28H22FN3O6S. The number of rotatable bonds is 8. The lowest BCUT2D eigenvalue weighted by molar-refractivity contribution is -0.384. The predicted octanol–water partition coefficient (Wildman–Crippen LogP) is 6.15. The van der Waals surface area contributed by atoms with E-state index >= 15 is 0 Å². The first-order chi connectivity index (χ1) is 18.8. The summed E-state index contributed by atoms with van der Waals surface area (Å²) in [6, 6.07) is 14.7. The highest BCUT2D eigenvalue weighted by atomic mass is 32.1. The molecule has 0 aliphatic carbocycles. The molecule has 0 saturated carbocycles. The van der Waals surface area contributed by atoms with Gasteiger partial charge in [0.25, 0.3) is 11.5 Å². The van der Waals surface area contributed by atoms with Crippen molar-refractivity contribution in [2.24, 2.45) is 0 Å². The molecule has 1 aromatic heterocycles. The van der Waals surface area contributed by atoms with Gasteiger partial charge in [0.15, 0.2) is 5.13 Å². The van der Waals surface area contributed by atoms with Gasteiger partial charge < -0.3 is 9.84 Å². The molecule has 0 spiro atoms. The minimum atomic E-state index is -1.22. The van der Waals surface area contributed by atoms with E-state index in [1.165, 1.54) is 42.5 Å². The molecule has 0 radical (unpaired) electrons. The number of benzene rings is 3. The SMILES string of the molecule is CCCCOc1cccc(C(O)=C2C(=O)C(=O)N(c3nc4ccc(F)cc4s3)C2c2cccc([N+](=O)[O-])c2)c1. The van der Waals surface area contributed by atoms with Crippen LogP contribution in [0.2, 0.25) is 0 Å². The van der Waals surface area contributed by atoms with Gasteiger partial charge in [-0.25, -0.2) is 9.37 Å². The van der Waals surface area contributed by atoms with Gasteiger partial charge in [0.2, 0.25) is 0 Å². The van der Waals surface area contributed by atoms with Crippen molar-refractivity contribution in [3.8, 4) is 5.75 Å². The van der Waals surface area contributed by atoms with Crippen molar-refractivity contribution in [2.45, 2.75) is 25.8 Å². The lowest BCUT2D eigenvalue weighted by Gasteiger charge is -2.22. The molecule has 1 atom stereocenters. The number of aliphatic hydroxyl groups excluding tert-OH is 1. The number of nitrogens with zero attached hydrogens (tertiary/aromatic N) is 3. The van der Waals surface area contributed by atoms with Gasteiger partial charge >= 0.3 is 5.91 Å². The molecular weight excluding hydrogens is 525 g/mol. The van der Waals surface area contributed by atoms with Crippen molar-refractivity contribution in [3.63, 3.8) is 0 Å². The minimum Gasteiger partial charge on any atom is -0.507 e. The summed E-state index contributed by atoms with van der Waals surface area (Å²) >= 11 is 0.990. The van der Waals surface area contributed by atoms with Gasteiger partial charge in [-0.2, -0.15) is 0 Å². The Morgan fingerprint density at radius 2 is 1.95 bits per heavy atom. The molecule has 4 aromatic rings. The molecule has 11 heteroatoms. The normalized spacial score (nSPS) is 16.7. The number of aromatic nitrogens is 1. The number of carbonyl (C=O) groups excluding carboxylic acids is 2. The summed E-state index contributed by atoms with van der Waals surface area (Å²) in [5.74, 6) is -2.42. The van der Waals surface area contributed by atoms with Crippen molar-refractivity contribution >= 4 is 49.8 Å². The lowest BCUT2D eigenvalue weighted by atomic mass is 9.95. The van der Waals surface area contributed by atoms with Crippen LogP contribution in [0.1, 0.15) is 36.9 Å². The second kappa shape index (κ2) is 10.6. The fraction of sp³-hybridized carbons (Fsp3) is 0.179. The third-order valence-corrected chi connectivity index (χ3v) is 7.28. The number of Topliss-reactive ketones (excluding diaryl/α,β-unsaturated/α-hetero) is 1. The fourth-order valence-electron chi connectivity index (χ4n) is 4.37. The number of nitro groups is 1. The van der Waals surface area contributed by atoms with Crippen LogP contribution >= 0.6 is 11.3 Å². The molecule has 9 nitrogen and oxygen atoms in total. The molecule has 198 valence electrons. The smallest absolute Gasteiger partial charge is 0.301 e. The number of fused-ring (bicyclic) bond motifs is 1. The standard InChI is InChI=1S/C28H22FN3O6S/c1-2-3-12-38-20-9-5-7-17(14-20)25(33)23-24(16-6-4-8-19(13-16)32(36)37)31(27(35)26(23)34)28-30-21-11-10-18(29)15-22(21)39-28/h4-11,13-15,24,33H,2-3,12H2,1H3. The number of nitro benzene ring substituents is 1. The van der Waals surface area contributed by atoms with E-state index in [-0.39, 0.29) is 27.5 Å². The fourth-order valence-corrected chi connectivity index (χ4v) is 5.38. The molecule has 2 heterocycles. The van der Waals surface area contributed by atoms with E-state index in [1.54, 1.807) is 24.3 Å². The van der Waals surface area contributed by atoms with Crippen molar-refractivity contribution in [2.75, 3.05) is 11.5 Å². The van der Waals surface area contributed by atoms with Crippen LogP contribution in [0.15, 0.2) is 72.3 Å². The molecule has 1 saturated heterocycles. The maximum atomic E-state index is 13.8. The Kier molecular flexibility index (Phi) is 7.07. The zero-order valence-corrected chi connectivity index (χ0v) is 21.5. The number of aliphatic hydroxyl groups is 1. The second-order valence-corrected chi connectivity index (χ2v) is 9.87. The highest BCUT2D eigenvalue weighted by Gasteiger charge is 2.48. The number of hydrogen-bond acceptors (Lipinski definition) is 8. The first-order valence-corrected chi connectivity index (χ1v) is 12.9. The zero-order valence-electron chi connectivity index (χ0n) is 20.7. The Balaban J connectivity index is 1.68.